The second kappa shape index (κ2) is 4.48. The van der Waals surface area contributed by atoms with Crippen molar-refractivity contribution in [1.82, 2.24) is 9.97 Å². The summed E-state index contributed by atoms with van der Waals surface area (Å²) in [7, 11) is 0. The van der Waals surface area contributed by atoms with Gasteiger partial charge >= 0.3 is 0 Å². The molecule has 0 saturated heterocycles. The van der Waals surface area contributed by atoms with Crippen molar-refractivity contribution in [1.29, 1.82) is 0 Å². The fraction of sp³-hybridized carbons (Fsp3) is 0.429. The van der Waals surface area contributed by atoms with Crippen LogP contribution < -0.4 is 5.32 Å². The van der Waals surface area contributed by atoms with Crippen molar-refractivity contribution < 1.29 is 0 Å². The van der Waals surface area contributed by atoms with Crippen LogP contribution in [0.2, 0.25) is 5.15 Å². The minimum atomic E-state index is 0.444. The second-order valence-corrected chi connectivity index (χ2v) is 3.04. The number of nitrogens with zero attached hydrogens (tertiary/aromatic N) is 2. The fourth-order valence-corrected chi connectivity index (χ4v) is 1.10. The number of hydrogen-bond acceptors (Lipinski definition) is 3. The first-order chi connectivity index (χ1) is 5.72. The molecule has 12 heavy (non-hydrogen) atoms. The zero-order valence-corrected chi connectivity index (χ0v) is 8.15. The molecular weight excluding hydrogens is 197 g/mol. The van der Waals surface area contributed by atoms with Gasteiger partial charge in [0.2, 0.25) is 5.95 Å². The molecular formula is C7H9Cl2N3. The van der Waals surface area contributed by atoms with Gasteiger partial charge < -0.3 is 5.32 Å². The Labute approximate surface area is 81.1 Å². The van der Waals surface area contributed by atoms with E-state index in [1.807, 2.05) is 6.92 Å². The molecule has 0 spiro atoms. The van der Waals surface area contributed by atoms with E-state index < -0.39 is 0 Å². The first-order valence-corrected chi connectivity index (χ1v) is 4.44. The zero-order chi connectivity index (χ0) is 8.97. The summed E-state index contributed by atoms with van der Waals surface area (Å²) in [5.41, 5.74) is 0.840. The summed E-state index contributed by atoms with van der Waals surface area (Å²) in [6.45, 7) is 2.50. The van der Waals surface area contributed by atoms with E-state index in [1.165, 1.54) is 0 Å². The molecule has 0 saturated carbocycles. The normalized spacial score (nSPS) is 9.92. The van der Waals surface area contributed by atoms with Gasteiger partial charge in [-0.05, 0) is 13.0 Å². The fourth-order valence-electron chi connectivity index (χ4n) is 0.768. The van der Waals surface area contributed by atoms with E-state index in [9.17, 15) is 0 Å². The minimum absolute atomic E-state index is 0.444. The topological polar surface area (TPSA) is 37.8 Å². The quantitative estimate of drug-likeness (QED) is 0.607. The van der Waals surface area contributed by atoms with Crippen LogP contribution in [0, 0.1) is 6.92 Å². The van der Waals surface area contributed by atoms with E-state index in [0.717, 1.165) is 5.69 Å². The van der Waals surface area contributed by atoms with Crippen molar-refractivity contribution in [2.75, 3.05) is 17.7 Å². The Morgan fingerprint density at radius 3 is 2.83 bits per heavy atom. The van der Waals surface area contributed by atoms with E-state index in [-0.39, 0.29) is 0 Å². The number of aryl methyl sites for hydroxylation is 1. The molecule has 0 amide bonds. The van der Waals surface area contributed by atoms with Gasteiger partial charge in [0.25, 0.3) is 0 Å². The van der Waals surface area contributed by atoms with Crippen molar-refractivity contribution in [3.63, 3.8) is 0 Å². The highest BCUT2D eigenvalue weighted by molar-refractivity contribution is 6.29. The van der Waals surface area contributed by atoms with Gasteiger partial charge in [0.05, 0.1) is 0 Å². The Bertz CT molecular complexity index is 245. The Hall–Kier alpha value is -0.540. The van der Waals surface area contributed by atoms with Gasteiger partial charge in [-0.15, -0.1) is 11.6 Å². The maximum atomic E-state index is 5.70. The molecule has 0 atom stereocenters. The lowest BCUT2D eigenvalue weighted by Crippen LogP contribution is -2.06. The lowest BCUT2D eigenvalue weighted by Gasteiger charge is -2.02. The monoisotopic (exact) mass is 205 g/mol. The standard InChI is InChI=1S/C7H9Cl2N3/c1-5-4-6(9)12-7(11-5)10-3-2-8/h4H,2-3H2,1H3,(H,10,11,12). The molecule has 0 aliphatic rings. The Balaban J connectivity index is 2.72. The summed E-state index contributed by atoms with van der Waals surface area (Å²) in [4.78, 5) is 8.06. The third-order valence-corrected chi connectivity index (χ3v) is 1.58. The van der Waals surface area contributed by atoms with Gasteiger partial charge in [-0.3, -0.25) is 0 Å². The van der Waals surface area contributed by atoms with E-state index >= 15 is 0 Å². The molecule has 0 aromatic carbocycles. The van der Waals surface area contributed by atoms with Crippen LogP contribution in [0.15, 0.2) is 6.07 Å². The Kier molecular flexibility index (Phi) is 3.56. The van der Waals surface area contributed by atoms with Crippen molar-refractivity contribution in [2.45, 2.75) is 6.92 Å². The molecule has 0 bridgehead atoms. The van der Waals surface area contributed by atoms with E-state index in [2.05, 4.69) is 15.3 Å². The van der Waals surface area contributed by atoms with Crippen molar-refractivity contribution in [3.05, 3.63) is 16.9 Å². The largest absolute Gasteiger partial charge is 0.353 e. The van der Waals surface area contributed by atoms with Crippen molar-refractivity contribution in [3.8, 4) is 0 Å². The highest BCUT2D eigenvalue weighted by atomic mass is 35.5. The summed E-state index contributed by atoms with van der Waals surface area (Å²) in [6.07, 6.45) is 0. The summed E-state index contributed by atoms with van der Waals surface area (Å²) >= 11 is 11.2. The third-order valence-electron chi connectivity index (χ3n) is 1.20. The molecule has 1 heterocycles. The summed E-state index contributed by atoms with van der Waals surface area (Å²) < 4.78 is 0. The van der Waals surface area contributed by atoms with Gasteiger partial charge in [-0.2, -0.15) is 0 Å². The van der Waals surface area contributed by atoms with E-state index in [4.69, 9.17) is 23.2 Å². The number of halogens is 2. The molecule has 0 unspecified atom stereocenters. The van der Waals surface area contributed by atoms with Crippen LogP contribution in [0.3, 0.4) is 0 Å². The highest BCUT2D eigenvalue weighted by Gasteiger charge is 1.98. The number of aromatic nitrogens is 2. The molecule has 0 fully saturated rings. The van der Waals surface area contributed by atoms with Crippen molar-refractivity contribution >= 4 is 29.2 Å². The van der Waals surface area contributed by atoms with Gasteiger partial charge in [0, 0.05) is 18.1 Å². The minimum Gasteiger partial charge on any atom is -0.353 e. The molecule has 66 valence electrons. The predicted octanol–water partition coefficient (Wildman–Crippen LogP) is 2.09. The van der Waals surface area contributed by atoms with Gasteiger partial charge in [0.1, 0.15) is 5.15 Å². The maximum absolute atomic E-state index is 5.70. The molecule has 1 aromatic heterocycles. The number of alkyl halides is 1. The Morgan fingerprint density at radius 2 is 2.25 bits per heavy atom. The number of nitrogens with one attached hydrogen (secondary N) is 1. The van der Waals surface area contributed by atoms with Crippen LogP contribution in [0.25, 0.3) is 0 Å². The van der Waals surface area contributed by atoms with Gasteiger partial charge in [-0.25, -0.2) is 9.97 Å². The number of hydrogen-bond donors (Lipinski definition) is 1. The first-order valence-electron chi connectivity index (χ1n) is 3.53. The molecule has 0 aliphatic carbocycles. The van der Waals surface area contributed by atoms with Crippen LogP contribution >= 0.6 is 23.2 Å². The first kappa shape index (κ1) is 9.55. The molecule has 0 aliphatic heterocycles. The molecule has 1 N–H and O–H groups in total. The molecule has 1 aromatic rings. The van der Waals surface area contributed by atoms with E-state index in [1.54, 1.807) is 6.07 Å². The average molecular weight is 206 g/mol. The average Bonchev–Trinajstić information content (AvgIpc) is 1.99. The van der Waals surface area contributed by atoms with Crippen LogP contribution in [-0.2, 0) is 0 Å². The third kappa shape index (κ3) is 2.83. The summed E-state index contributed by atoms with van der Waals surface area (Å²) in [6, 6.07) is 1.70. The smallest absolute Gasteiger partial charge is 0.224 e. The van der Waals surface area contributed by atoms with E-state index in [0.29, 0.717) is 23.5 Å². The predicted molar refractivity (Wildman–Crippen MR) is 51.0 cm³/mol. The number of rotatable bonds is 3. The van der Waals surface area contributed by atoms with Crippen LogP contribution in [0.1, 0.15) is 5.69 Å². The number of anilines is 1. The molecule has 5 heteroatoms. The highest BCUT2D eigenvalue weighted by Crippen LogP contribution is 2.08. The lowest BCUT2D eigenvalue weighted by molar-refractivity contribution is 1.05. The van der Waals surface area contributed by atoms with Gasteiger partial charge in [0.15, 0.2) is 0 Å². The molecule has 0 radical (unpaired) electrons. The van der Waals surface area contributed by atoms with Gasteiger partial charge in [-0.1, -0.05) is 11.6 Å². The summed E-state index contributed by atoms with van der Waals surface area (Å²) in [5.74, 6) is 1.05. The maximum Gasteiger partial charge on any atom is 0.224 e. The SMILES string of the molecule is Cc1cc(Cl)nc(NCCCl)n1. The van der Waals surface area contributed by atoms with Crippen molar-refractivity contribution in [2.24, 2.45) is 0 Å². The van der Waals surface area contributed by atoms with Crippen LogP contribution in [0.5, 0.6) is 0 Å². The molecule has 3 nitrogen and oxygen atoms in total. The lowest BCUT2D eigenvalue weighted by atomic mass is 10.5. The second-order valence-electron chi connectivity index (χ2n) is 2.27. The van der Waals surface area contributed by atoms with Crippen LogP contribution in [0.4, 0.5) is 5.95 Å². The molecule has 1 rings (SSSR count). The van der Waals surface area contributed by atoms with Crippen LogP contribution in [-0.4, -0.2) is 22.4 Å². The zero-order valence-electron chi connectivity index (χ0n) is 6.64. The Morgan fingerprint density at radius 1 is 1.50 bits per heavy atom. The summed E-state index contributed by atoms with van der Waals surface area (Å²) in [5, 5.41) is 3.38.